The highest BCUT2D eigenvalue weighted by atomic mass is 32.2. The van der Waals surface area contributed by atoms with E-state index < -0.39 is 16.0 Å². The Bertz CT molecular complexity index is 1590. The Morgan fingerprint density at radius 2 is 1.57 bits per heavy atom. The number of rotatable bonds is 8. The van der Waals surface area contributed by atoms with Crippen LogP contribution in [-0.4, -0.2) is 25.6 Å². The van der Waals surface area contributed by atoms with Crippen LogP contribution >= 0.6 is 0 Å². The number of carbonyl (C=O) groups is 1. The maximum atomic E-state index is 13.2. The number of nitrogens with zero attached hydrogens (tertiary/aromatic N) is 1. The van der Waals surface area contributed by atoms with Crippen molar-refractivity contribution in [2.45, 2.75) is 25.7 Å². The molecule has 0 atom stereocenters. The fourth-order valence-electron chi connectivity index (χ4n) is 4.18. The van der Waals surface area contributed by atoms with Crippen LogP contribution in [0.1, 0.15) is 34.9 Å². The average molecular weight is 515 g/mol. The fourth-order valence-corrected chi connectivity index (χ4v) is 5.09. The van der Waals surface area contributed by atoms with E-state index in [0.717, 1.165) is 38.9 Å². The number of nitrogens with one attached hydrogen (secondary N) is 1. The molecule has 37 heavy (non-hydrogen) atoms. The van der Waals surface area contributed by atoms with Crippen molar-refractivity contribution >= 4 is 38.5 Å². The number of ether oxygens (including phenoxy) is 1. The predicted octanol–water partition coefficient (Wildman–Crippen LogP) is 5.74. The molecule has 0 aliphatic rings. The molecule has 3 aromatic carbocycles. The van der Waals surface area contributed by atoms with Gasteiger partial charge in [0.2, 0.25) is 0 Å². The number of fused-ring (bicyclic) bond motifs is 1. The largest absolute Gasteiger partial charge is 0.463 e. The van der Waals surface area contributed by atoms with Gasteiger partial charge in [0.05, 0.1) is 11.5 Å². The van der Waals surface area contributed by atoms with Crippen molar-refractivity contribution in [3.8, 4) is 0 Å². The normalized spacial score (nSPS) is 12.3. The first-order chi connectivity index (χ1) is 17.7. The van der Waals surface area contributed by atoms with Crippen LogP contribution in [0.15, 0.2) is 90.0 Å². The van der Waals surface area contributed by atoms with E-state index in [1.807, 2.05) is 74.0 Å². The number of para-hydroxylation sites is 1. The lowest BCUT2D eigenvalue weighted by Gasteiger charge is -2.12. The summed E-state index contributed by atoms with van der Waals surface area (Å²) in [7, 11) is -1.90. The van der Waals surface area contributed by atoms with E-state index >= 15 is 0 Å². The second-order valence-corrected chi connectivity index (χ2v) is 10.5. The Balaban J connectivity index is 1.92. The molecule has 4 rings (SSSR count). The molecule has 0 amide bonds. The maximum absolute atomic E-state index is 13.2. The van der Waals surface area contributed by atoms with Crippen LogP contribution in [0, 0.1) is 13.8 Å². The highest BCUT2D eigenvalue weighted by molar-refractivity contribution is 7.89. The molecule has 1 heterocycles. The van der Waals surface area contributed by atoms with Gasteiger partial charge in [-0.1, -0.05) is 65.7 Å². The lowest BCUT2D eigenvalue weighted by atomic mass is 9.95. The Kier molecular flexibility index (Phi) is 7.64. The molecule has 0 aliphatic carbocycles. The van der Waals surface area contributed by atoms with Crippen molar-refractivity contribution in [1.29, 1.82) is 0 Å². The summed E-state index contributed by atoms with van der Waals surface area (Å²) in [5, 5.41) is 0.926. The predicted molar refractivity (Wildman–Crippen MR) is 148 cm³/mol. The fraction of sp³-hybridized carbons (Fsp3) is 0.167. The van der Waals surface area contributed by atoms with E-state index in [0.29, 0.717) is 5.57 Å². The Hall–Kier alpha value is -4.10. The van der Waals surface area contributed by atoms with Crippen molar-refractivity contribution in [3.63, 3.8) is 0 Å². The summed E-state index contributed by atoms with van der Waals surface area (Å²) in [6.07, 6.45) is 4.64. The van der Waals surface area contributed by atoms with Crippen molar-refractivity contribution in [3.05, 3.63) is 113 Å². The molecular formula is C30H30N2O4S. The smallest absolute Gasteiger partial charge is 0.330 e. The molecule has 0 bridgehead atoms. The summed E-state index contributed by atoms with van der Waals surface area (Å²) in [6.45, 7) is 5.94. The minimum Gasteiger partial charge on any atom is -0.463 e. The first-order valence-electron chi connectivity index (χ1n) is 12.0. The van der Waals surface area contributed by atoms with E-state index in [-0.39, 0.29) is 11.5 Å². The number of hydrogen-bond acceptors (Lipinski definition) is 4. The van der Waals surface area contributed by atoms with Gasteiger partial charge in [-0.25, -0.2) is 13.2 Å². The van der Waals surface area contributed by atoms with Gasteiger partial charge in [-0.2, -0.15) is 0 Å². The van der Waals surface area contributed by atoms with Crippen LogP contribution in [-0.2, 0) is 26.6 Å². The maximum Gasteiger partial charge on any atom is 0.330 e. The first-order valence-corrected chi connectivity index (χ1v) is 13.5. The van der Waals surface area contributed by atoms with Gasteiger partial charge in [0.1, 0.15) is 0 Å². The zero-order chi connectivity index (χ0) is 26.6. The molecule has 4 aromatic rings. The van der Waals surface area contributed by atoms with E-state index in [9.17, 15) is 13.2 Å². The molecular weight excluding hydrogens is 484 g/mol. The van der Waals surface area contributed by atoms with E-state index in [4.69, 9.17) is 4.74 Å². The number of sulfonamides is 1. The summed E-state index contributed by atoms with van der Waals surface area (Å²) < 4.78 is 36.1. The zero-order valence-electron chi connectivity index (χ0n) is 21.4. The minimum atomic E-state index is -3.81. The molecule has 6 nitrogen and oxygen atoms in total. The molecule has 0 spiro atoms. The molecule has 0 aliphatic heterocycles. The van der Waals surface area contributed by atoms with Crippen molar-refractivity contribution in [2.24, 2.45) is 7.05 Å². The third kappa shape index (κ3) is 5.67. The second kappa shape index (κ2) is 10.9. The van der Waals surface area contributed by atoms with Crippen molar-refractivity contribution < 1.29 is 17.9 Å². The molecule has 7 heteroatoms. The van der Waals surface area contributed by atoms with Gasteiger partial charge >= 0.3 is 5.97 Å². The summed E-state index contributed by atoms with van der Waals surface area (Å²) in [5.74, 6) is -0.445. The molecule has 0 saturated heterocycles. The third-order valence-corrected chi connectivity index (χ3v) is 7.46. The van der Waals surface area contributed by atoms with Crippen molar-refractivity contribution in [1.82, 2.24) is 9.29 Å². The van der Waals surface area contributed by atoms with Gasteiger partial charge in [0, 0.05) is 47.1 Å². The van der Waals surface area contributed by atoms with Gasteiger partial charge in [-0.05, 0) is 50.6 Å². The van der Waals surface area contributed by atoms with Crippen LogP contribution in [0.25, 0.3) is 22.6 Å². The number of esters is 1. The Morgan fingerprint density at radius 3 is 2.22 bits per heavy atom. The average Bonchev–Trinajstić information content (AvgIpc) is 3.16. The molecule has 1 N–H and O–H groups in total. The molecule has 0 unspecified atom stereocenters. The topological polar surface area (TPSA) is 77.4 Å². The lowest BCUT2D eigenvalue weighted by Crippen LogP contribution is -2.18. The van der Waals surface area contributed by atoms with E-state index in [1.165, 1.54) is 12.3 Å². The molecule has 0 radical (unpaired) electrons. The van der Waals surface area contributed by atoms with Crippen LogP contribution in [0.2, 0.25) is 0 Å². The van der Waals surface area contributed by atoms with Crippen LogP contribution in [0.5, 0.6) is 0 Å². The standard InChI is InChI=1S/C30H30N2O4S/c1-5-36-29(33)19-18-28-30(25-8-6-7-9-27(25)32(28)4)26(23-14-10-21(2)11-15-23)20-31-37(34,35)24-16-12-22(3)13-17-24/h6-20,31H,5H2,1-4H3/b19-18+,26-20?. The monoisotopic (exact) mass is 514 g/mol. The Labute approximate surface area is 218 Å². The van der Waals surface area contributed by atoms with Gasteiger partial charge in [0.25, 0.3) is 10.0 Å². The summed E-state index contributed by atoms with van der Waals surface area (Å²) in [5.41, 5.74) is 6.06. The SMILES string of the molecule is CCOC(=O)/C=C/c1c(C(=CNS(=O)(=O)c2ccc(C)cc2)c2ccc(C)cc2)c2ccccc2n1C. The number of carbonyl (C=O) groups excluding carboxylic acids is 1. The Morgan fingerprint density at radius 1 is 0.946 bits per heavy atom. The molecule has 1 aromatic heterocycles. The van der Waals surface area contributed by atoms with Gasteiger partial charge in [-0.3, -0.25) is 4.72 Å². The molecule has 0 saturated carbocycles. The van der Waals surface area contributed by atoms with Gasteiger partial charge < -0.3 is 9.30 Å². The number of aryl methyl sites for hydroxylation is 3. The van der Waals surface area contributed by atoms with Crippen LogP contribution < -0.4 is 4.72 Å². The highest BCUT2D eigenvalue weighted by Crippen LogP contribution is 2.35. The number of hydrogen-bond donors (Lipinski definition) is 1. The lowest BCUT2D eigenvalue weighted by molar-refractivity contribution is -0.137. The van der Waals surface area contributed by atoms with Crippen molar-refractivity contribution in [2.75, 3.05) is 6.61 Å². The van der Waals surface area contributed by atoms with Crippen LogP contribution in [0.3, 0.4) is 0 Å². The number of benzene rings is 3. The highest BCUT2D eigenvalue weighted by Gasteiger charge is 2.20. The quantitative estimate of drug-likeness (QED) is 0.240. The van der Waals surface area contributed by atoms with Crippen LogP contribution in [0.4, 0.5) is 0 Å². The van der Waals surface area contributed by atoms with Gasteiger partial charge in [-0.15, -0.1) is 0 Å². The summed E-state index contributed by atoms with van der Waals surface area (Å²) >= 11 is 0. The molecule has 0 fully saturated rings. The minimum absolute atomic E-state index is 0.179. The van der Waals surface area contributed by atoms with E-state index in [1.54, 1.807) is 37.3 Å². The first kappa shape index (κ1) is 26.0. The second-order valence-electron chi connectivity index (χ2n) is 8.78. The number of aromatic nitrogens is 1. The summed E-state index contributed by atoms with van der Waals surface area (Å²) in [4.78, 5) is 12.3. The zero-order valence-corrected chi connectivity index (χ0v) is 22.2. The van der Waals surface area contributed by atoms with E-state index in [2.05, 4.69) is 4.72 Å². The van der Waals surface area contributed by atoms with Gasteiger partial charge in [0.15, 0.2) is 0 Å². The molecule has 190 valence electrons. The third-order valence-electron chi connectivity index (χ3n) is 6.14. The summed E-state index contributed by atoms with van der Waals surface area (Å²) in [6, 6.07) is 22.5.